The summed E-state index contributed by atoms with van der Waals surface area (Å²) < 4.78 is 3.20. The molecule has 18 heavy (non-hydrogen) atoms. The van der Waals surface area contributed by atoms with E-state index in [-0.39, 0.29) is 0 Å². The van der Waals surface area contributed by atoms with E-state index in [4.69, 9.17) is 0 Å². The molecular weight excluding hydrogens is 290 g/mol. The Morgan fingerprint density at radius 3 is 2.72 bits per heavy atom. The van der Waals surface area contributed by atoms with Crippen LogP contribution in [-0.4, -0.2) is 22.4 Å². The third-order valence-electron chi connectivity index (χ3n) is 3.85. The largest absolute Gasteiger partial charge is 0.314 e. The van der Waals surface area contributed by atoms with E-state index in [0.717, 1.165) is 30.6 Å². The summed E-state index contributed by atoms with van der Waals surface area (Å²) in [6.45, 7) is 5.35. The molecule has 1 atom stereocenters. The summed E-state index contributed by atoms with van der Waals surface area (Å²) in [4.78, 5) is 0. The molecule has 102 valence electrons. The maximum absolute atomic E-state index is 4.45. The lowest BCUT2D eigenvalue weighted by Crippen LogP contribution is -2.30. The Bertz CT molecular complexity index is 396. The average Bonchev–Trinajstić information content (AvgIpc) is 3.12. The summed E-state index contributed by atoms with van der Waals surface area (Å²) in [5.41, 5.74) is 2.43. The normalized spacial score (nSPS) is 17.1. The number of halogens is 1. The third-order valence-corrected chi connectivity index (χ3v) is 4.88. The Balaban J connectivity index is 1.83. The molecule has 0 radical (unpaired) electrons. The van der Waals surface area contributed by atoms with Crippen LogP contribution in [0.4, 0.5) is 0 Å². The van der Waals surface area contributed by atoms with E-state index in [1.54, 1.807) is 0 Å². The van der Waals surface area contributed by atoms with Crippen LogP contribution in [0, 0.1) is 12.8 Å². The van der Waals surface area contributed by atoms with Gasteiger partial charge in [0, 0.05) is 13.1 Å². The van der Waals surface area contributed by atoms with Gasteiger partial charge in [-0.2, -0.15) is 5.10 Å². The van der Waals surface area contributed by atoms with E-state index in [1.165, 1.54) is 35.8 Å². The second-order valence-electron chi connectivity index (χ2n) is 5.36. The molecule has 1 aromatic rings. The topological polar surface area (TPSA) is 29.9 Å². The minimum Gasteiger partial charge on any atom is -0.314 e. The fourth-order valence-corrected chi connectivity index (χ4v) is 3.24. The Labute approximate surface area is 118 Å². The Morgan fingerprint density at radius 2 is 2.22 bits per heavy atom. The smallest absolute Gasteiger partial charge is 0.0738 e. The Kier molecular flexibility index (Phi) is 4.84. The first kappa shape index (κ1) is 14.1. The Morgan fingerprint density at radius 1 is 1.50 bits per heavy atom. The zero-order valence-electron chi connectivity index (χ0n) is 11.7. The summed E-state index contributed by atoms with van der Waals surface area (Å²) in [6.07, 6.45) is 6.49. The fraction of sp³-hybridized carbons (Fsp3) is 0.786. The molecule has 1 heterocycles. The van der Waals surface area contributed by atoms with Crippen LogP contribution in [-0.2, 0) is 13.5 Å². The minimum atomic E-state index is 0.739. The predicted molar refractivity (Wildman–Crippen MR) is 78.8 cm³/mol. The molecule has 2 rings (SSSR count). The lowest BCUT2D eigenvalue weighted by molar-refractivity contribution is 0.432. The van der Waals surface area contributed by atoms with E-state index in [2.05, 4.69) is 40.2 Å². The van der Waals surface area contributed by atoms with Gasteiger partial charge in [0.1, 0.15) is 0 Å². The van der Waals surface area contributed by atoms with Crippen molar-refractivity contribution in [2.75, 3.05) is 6.54 Å². The Hall–Kier alpha value is -0.350. The van der Waals surface area contributed by atoms with Gasteiger partial charge in [0.15, 0.2) is 0 Å². The first-order chi connectivity index (χ1) is 8.63. The van der Waals surface area contributed by atoms with Gasteiger partial charge in [-0.3, -0.25) is 4.68 Å². The standard InChI is InChI=1S/C14H24BrN3/c1-4-16-12(11-8-9-11)6-5-7-13-14(15)10(2)17-18(13)3/h11-12,16H,4-9H2,1-3H3. The zero-order valence-corrected chi connectivity index (χ0v) is 13.3. The molecule has 0 spiro atoms. The highest BCUT2D eigenvalue weighted by Gasteiger charge is 2.30. The van der Waals surface area contributed by atoms with Crippen molar-refractivity contribution in [3.05, 3.63) is 15.9 Å². The van der Waals surface area contributed by atoms with Gasteiger partial charge in [-0.15, -0.1) is 0 Å². The van der Waals surface area contributed by atoms with Gasteiger partial charge in [0.05, 0.1) is 15.9 Å². The molecule has 0 aliphatic heterocycles. The summed E-state index contributed by atoms with van der Waals surface area (Å²) in [5.74, 6) is 0.946. The van der Waals surface area contributed by atoms with Crippen molar-refractivity contribution in [1.29, 1.82) is 0 Å². The van der Waals surface area contributed by atoms with Crippen molar-refractivity contribution >= 4 is 15.9 Å². The van der Waals surface area contributed by atoms with Gasteiger partial charge in [-0.25, -0.2) is 0 Å². The molecule has 3 nitrogen and oxygen atoms in total. The molecule has 1 fully saturated rings. The number of nitrogens with zero attached hydrogens (tertiary/aromatic N) is 2. The van der Waals surface area contributed by atoms with Gasteiger partial charge < -0.3 is 5.32 Å². The highest BCUT2D eigenvalue weighted by atomic mass is 79.9. The molecule has 1 N–H and O–H groups in total. The SMILES string of the molecule is CCNC(CCCc1c(Br)c(C)nn1C)C1CC1. The summed E-state index contributed by atoms with van der Waals surface area (Å²) in [6, 6.07) is 0.739. The average molecular weight is 314 g/mol. The van der Waals surface area contributed by atoms with Crippen molar-refractivity contribution in [2.24, 2.45) is 13.0 Å². The van der Waals surface area contributed by atoms with Crippen molar-refractivity contribution in [3.63, 3.8) is 0 Å². The van der Waals surface area contributed by atoms with Gasteiger partial charge >= 0.3 is 0 Å². The number of nitrogens with one attached hydrogen (secondary N) is 1. The molecule has 1 aromatic heterocycles. The van der Waals surface area contributed by atoms with E-state index >= 15 is 0 Å². The maximum Gasteiger partial charge on any atom is 0.0738 e. The summed E-state index contributed by atoms with van der Waals surface area (Å²) in [5, 5.41) is 8.08. The molecule has 1 unspecified atom stereocenters. The minimum absolute atomic E-state index is 0.739. The predicted octanol–water partition coefficient (Wildman–Crippen LogP) is 3.20. The van der Waals surface area contributed by atoms with Gasteiger partial charge in [-0.05, 0) is 67.4 Å². The molecule has 0 amide bonds. The van der Waals surface area contributed by atoms with Crippen LogP contribution < -0.4 is 5.32 Å². The van der Waals surface area contributed by atoms with Gasteiger partial charge in [0.25, 0.3) is 0 Å². The molecule has 4 heteroatoms. The van der Waals surface area contributed by atoms with E-state index in [1.807, 2.05) is 11.7 Å². The van der Waals surface area contributed by atoms with Crippen LogP contribution in [0.2, 0.25) is 0 Å². The second kappa shape index (κ2) is 6.20. The van der Waals surface area contributed by atoms with Crippen molar-refractivity contribution in [1.82, 2.24) is 15.1 Å². The summed E-state index contributed by atoms with van der Waals surface area (Å²) in [7, 11) is 2.04. The van der Waals surface area contributed by atoms with Crippen LogP contribution in [0.3, 0.4) is 0 Å². The molecule has 0 bridgehead atoms. The molecule has 1 aliphatic carbocycles. The van der Waals surface area contributed by atoms with Crippen LogP contribution in [0.25, 0.3) is 0 Å². The lowest BCUT2D eigenvalue weighted by Gasteiger charge is -2.17. The molecular formula is C14H24BrN3. The third kappa shape index (κ3) is 3.35. The number of rotatable bonds is 7. The van der Waals surface area contributed by atoms with Crippen LogP contribution >= 0.6 is 15.9 Å². The second-order valence-corrected chi connectivity index (χ2v) is 6.16. The zero-order chi connectivity index (χ0) is 13.1. The van der Waals surface area contributed by atoms with Crippen LogP contribution in [0.5, 0.6) is 0 Å². The molecule has 1 saturated carbocycles. The van der Waals surface area contributed by atoms with E-state index in [9.17, 15) is 0 Å². The van der Waals surface area contributed by atoms with Gasteiger partial charge in [0.2, 0.25) is 0 Å². The first-order valence-electron chi connectivity index (χ1n) is 7.04. The molecule has 1 aliphatic rings. The number of aromatic nitrogens is 2. The van der Waals surface area contributed by atoms with Crippen molar-refractivity contribution in [2.45, 2.75) is 52.0 Å². The van der Waals surface area contributed by atoms with Crippen LogP contribution in [0.15, 0.2) is 4.47 Å². The molecule has 0 aromatic carbocycles. The number of hydrogen-bond acceptors (Lipinski definition) is 2. The van der Waals surface area contributed by atoms with Crippen molar-refractivity contribution in [3.8, 4) is 0 Å². The highest BCUT2D eigenvalue weighted by molar-refractivity contribution is 9.10. The highest BCUT2D eigenvalue weighted by Crippen LogP contribution is 2.34. The quantitative estimate of drug-likeness (QED) is 0.837. The van der Waals surface area contributed by atoms with Gasteiger partial charge in [-0.1, -0.05) is 6.92 Å². The van der Waals surface area contributed by atoms with Crippen LogP contribution in [0.1, 0.15) is 44.0 Å². The number of hydrogen-bond donors (Lipinski definition) is 1. The monoisotopic (exact) mass is 313 g/mol. The first-order valence-corrected chi connectivity index (χ1v) is 7.84. The van der Waals surface area contributed by atoms with E-state index in [0.29, 0.717) is 0 Å². The fourth-order valence-electron chi connectivity index (χ4n) is 2.71. The van der Waals surface area contributed by atoms with Crippen molar-refractivity contribution < 1.29 is 0 Å². The maximum atomic E-state index is 4.45. The molecule has 0 saturated heterocycles. The lowest BCUT2D eigenvalue weighted by atomic mass is 10.0. The summed E-state index contributed by atoms with van der Waals surface area (Å²) >= 11 is 3.64. The van der Waals surface area contributed by atoms with E-state index < -0.39 is 0 Å². The number of aryl methyl sites for hydroxylation is 2.